The van der Waals surface area contributed by atoms with Crippen molar-refractivity contribution in [2.24, 2.45) is 0 Å². The van der Waals surface area contributed by atoms with E-state index in [0.29, 0.717) is 11.6 Å². The van der Waals surface area contributed by atoms with E-state index in [4.69, 9.17) is 10.00 Å². The number of rotatable bonds is 5. The van der Waals surface area contributed by atoms with E-state index < -0.39 is 6.10 Å². The number of halogens is 1. The van der Waals surface area contributed by atoms with Crippen molar-refractivity contribution in [3.8, 4) is 23.3 Å². The number of piperidine rings is 1. The van der Waals surface area contributed by atoms with Crippen LogP contribution in [0.3, 0.4) is 0 Å². The van der Waals surface area contributed by atoms with Gasteiger partial charge in [0.2, 0.25) is 5.88 Å². The maximum Gasteiger partial charge on any atom is 0.200 e. The Bertz CT molecular complexity index is 1360. The van der Waals surface area contributed by atoms with Crippen molar-refractivity contribution < 1.29 is 9.13 Å². The number of likely N-dealkylation sites (tertiary alicyclic amines) is 1. The Kier molecular flexibility index (Phi) is 5.61. The molecule has 9 nitrogen and oxygen atoms in total. The lowest BCUT2D eigenvalue weighted by atomic mass is 10.0. The highest BCUT2D eigenvalue weighted by Crippen LogP contribution is 2.32. The van der Waals surface area contributed by atoms with E-state index in [1.165, 1.54) is 12.3 Å². The number of hydrogen-bond acceptors (Lipinski definition) is 7. The molecule has 0 spiro atoms. The third-order valence-corrected chi connectivity index (χ3v) is 6.37. The van der Waals surface area contributed by atoms with Crippen LogP contribution < -0.4 is 4.74 Å². The molecule has 0 aromatic carbocycles. The molecule has 0 aliphatic carbocycles. The van der Waals surface area contributed by atoms with Gasteiger partial charge in [-0.05, 0) is 51.8 Å². The summed E-state index contributed by atoms with van der Waals surface area (Å²) in [5.41, 5.74) is 4.88. The van der Waals surface area contributed by atoms with Crippen molar-refractivity contribution >= 4 is 5.65 Å². The fourth-order valence-electron chi connectivity index (χ4n) is 4.48. The fraction of sp³-hybridized carbons (Fsp3) is 0.375. The molecule has 0 N–H and O–H groups in total. The predicted molar refractivity (Wildman–Crippen MR) is 122 cm³/mol. The van der Waals surface area contributed by atoms with E-state index in [1.807, 2.05) is 42.0 Å². The van der Waals surface area contributed by atoms with Crippen molar-refractivity contribution in [2.45, 2.75) is 45.8 Å². The molecule has 1 aliphatic rings. The van der Waals surface area contributed by atoms with E-state index >= 15 is 0 Å². The molecule has 4 aromatic rings. The number of aryl methyl sites for hydroxylation is 1. The van der Waals surface area contributed by atoms with Crippen molar-refractivity contribution in [2.75, 3.05) is 13.1 Å². The van der Waals surface area contributed by atoms with Gasteiger partial charge in [-0.15, -0.1) is 5.10 Å². The Balaban J connectivity index is 1.49. The number of imidazole rings is 1. The minimum absolute atomic E-state index is 0.212. The van der Waals surface area contributed by atoms with Gasteiger partial charge in [-0.2, -0.15) is 5.26 Å². The molecule has 5 rings (SSSR count). The normalized spacial score (nSPS) is 15.4. The molecule has 5 heterocycles. The Morgan fingerprint density at radius 2 is 1.94 bits per heavy atom. The molecule has 1 saturated heterocycles. The lowest BCUT2D eigenvalue weighted by Gasteiger charge is -2.28. The van der Waals surface area contributed by atoms with Gasteiger partial charge < -0.3 is 9.64 Å². The van der Waals surface area contributed by atoms with Crippen LogP contribution in [0.5, 0.6) is 5.88 Å². The van der Waals surface area contributed by atoms with E-state index in [9.17, 15) is 4.39 Å². The fourth-order valence-corrected chi connectivity index (χ4v) is 4.48. The molecular weight excluding hydrogens is 435 g/mol. The maximum atomic E-state index is 13.3. The van der Waals surface area contributed by atoms with E-state index in [2.05, 4.69) is 26.5 Å². The number of aromatic nitrogens is 6. The average molecular weight is 461 g/mol. The number of ether oxygens (including phenoxy) is 1. The van der Waals surface area contributed by atoms with Gasteiger partial charge >= 0.3 is 0 Å². The first-order valence-electron chi connectivity index (χ1n) is 11.3. The first-order valence-corrected chi connectivity index (χ1v) is 11.3. The van der Waals surface area contributed by atoms with Crippen LogP contribution in [-0.4, -0.2) is 47.4 Å². The largest absolute Gasteiger partial charge is 0.469 e. The highest BCUT2D eigenvalue weighted by atomic mass is 19.1. The molecule has 0 radical (unpaired) electrons. The highest BCUT2D eigenvalue weighted by molar-refractivity contribution is 5.68. The van der Waals surface area contributed by atoms with Crippen molar-refractivity contribution in [3.05, 3.63) is 59.6 Å². The molecule has 0 amide bonds. The zero-order valence-electron chi connectivity index (χ0n) is 19.3. The van der Waals surface area contributed by atoms with Crippen LogP contribution in [0.4, 0.5) is 4.39 Å². The Labute approximate surface area is 196 Å². The summed E-state index contributed by atoms with van der Waals surface area (Å²) >= 11 is 0. The van der Waals surface area contributed by atoms with Crippen LogP contribution in [0.25, 0.3) is 16.9 Å². The molecule has 10 heteroatoms. The molecule has 4 aromatic heterocycles. The van der Waals surface area contributed by atoms with Gasteiger partial charge in [-0.25, -0.2) is 14.1 Å². The van der Waals surface area contributed by atoms with Crippen LogP contribution in [0.1, 0.15) is 49.0 Å². The summed E-state index contributed by atoms with van der Waals surface area (Å²) in [5, 5.41) is 18.1. The van der Waals surface area contributed by atoms with E-state index in [-0.39, 0.29) is 11.9 Å². The summed E-state index contributed by atoms with van der Waals surface area (Å²) in [6.45, 7) is 7.30. The Morgan fingerprint density at radius 3 is 2.65 bits per heavy atom. The SMILES string of the molecule is Cc1c(-c2cc(O[C@H](C)c3ccc(F)cn3)n3c(C)cnc3c2)nnn1C1CCN(C#N)CC1. The summed E-state index contributed by atoms with van der Waals surface area (Å²) in [7, 11) is 0. The number of nitriles is 1. The lowest BCUT2D eigenvalue weighted by molar-refractivity contribution is 0.209. The smallest absolute Gasteiger partial charge is 0.200 e. The third kappa shape index (κ3) is 3.94. The zero-order chi connectivity index (χ0) is 23.8. The summed E-state index contributed by atoms with van der Waals surface area (Å²) in [4.78, 5) is 10.5. The monoisotopic (exact) mass is 460 g/mol. The first kappa shape index (κ1) is 21.8. The van der Waals surface area contributed by atoms with E-state index in [0.717, 1.165) is 54.2 Å². The number of hydrogen-bond donors (Lipinski definition) is 0. The topological polar surface area (TPSA) is 97.2 Å². The van der Waals surface area contributed by atoms with Gasteiger partial charge in [0.15, 0.2) is 6.19 Å². The predicted octanol–water partition coefficient (Wildman–Crippen LogP) is 4.00. The first-order chi connectivity index (χ1) is 16.4. The third-order valence-electron chi connectivity index (χ3n) is 6.37. The zero-order valence-corrected chi connectivity index (χ0v) is 19.3. The molecule has 0 bridgehead atoms. The van der Waals surface area contributed by atoms with Crippen LogP contribution in [-0.2, 0) is 0 Å². The minimum atomic E-state index is -0.400. The van der Waals surface area contributed by atoms with Gasteiger partial charge in [0.05, 0.1) is 23.6 Å². The molecule has 174 valence electrons. The summed E-state index contributed by atoms with van der Waals surface area (Å²) in [6, 6.07) is 7.11. The Morgan fingerprint density at radius 1 is 1.15 bits per heavy atom. The molecule has 34 heavy (non-hydrogen) atoms. The van der Waals surface area contributed by atoms with Gasteiger partial charge in [-0.3, -0.25) is 9.38 Å². The number of nitrogens with zero attached hydrogens (tertiary/aromatic N) is 8. The lowest BCUT2D eigenvalue weighted by Crippen LogP contribution is -2.31. The standard InChI is InChI=1S/C24H25FN8O/c1-15-12-28-22-10-18(11-23(32(15)22)34-17(3)21-5-4-19(25)13-27-21)24-16(2)33(30-29-24)20-6-8-31(14-26)9-7-20/h4-5,10-13,17,20H,6-9H2,1-3H3/t17-/m1/s1. The highest BCUT2D eigenvalue weighted by Gasteiger charge is 2.24. The molecule has 1 fully saturated rings. The minimum Gasteiger partial charge on any atom is -0.469 e. The molecular formula is C24H25FN8O. The average Bonchev–Trinajstić information content (AvgIpc) is 3.42. The summed E-state index contributed by atoms with van der Waals surface area (Å²) in [5.74, 6) is 0.208. The second kappa shape index (κ2) is 8.74. The summed E-state index contributed by atoms with van der Waals surface area (Å²) < 4.78 is 23.5. The second-order valence-corrected chi connectivity index (χ2v) is 8.62. The van der Waals surface area contributed by atoms with Gasteiger partial charge in [0.1, 0.15) is 23.3 Å². The quantitative estimate of drug-likeness (QED) is 0.415. The van der Waals surface area contributed by atoms with Gasteiger partial charge in [0.25, 0.3) is 0 Å². The Hall–Kier alpha value is -4.00. The van der Waals surface area contributed by atoms with Crippen LogP contribution in [0.2, 0.25) is 0 Å². The van der Waals surface area contributed by atoms with Crippen molar-refractivity contribution in [1.82, 2.24) is 34.3 Å². The summed E-state index contributed by atoms with van der Waals surface area (Å²) in [6.07, 6.45) is 6.50. The molecule has 1 aliphatic heterocycles. The van der Waals surface area contributed by atoms with Crippen LogP contribution >= 0.6 is 0 Å². The van der Waals surface area contributed by atoms with Crippen LogP contribution in [0, 0.1) is 31.1 Å². The van der Waals surface area contributed by atoms with E-state index in [1.54, 1.807) is 17.2 Å². The van der Waals surface area contributed by atoms with Crippen molar-refractivity contribution in [1.29, 1.82) is 5.26 Å². The molecule has 1 atom stereocenters. The van der Waals surface area contributed by atoms with Crippen LogP contribution in [0.15, 0.2) is 36.7 Å². The van der Waals surface area contributed by atoms with Gasteiger partial charge in [0, 0.05) is 36.6 Å². The number of fused-ring (bicyclic) bond motifs is 1. The van der Waals surface area contributed by atoms with Crippen molar-refractivity contribution in [3.63, 3.8) is 0 Å². The van der Waals surface area contributed by atoms with Gasteiger partial charge in [-0.1, -0.05) is 5.21 Å². The maximum absolute atomic E-state index is 13.3. The number of pyridine rings is 2. The molecule has 0 unspecified atom stereocenters. The molecule has 0 saturated carbocycles. The second-order valence-electron chi connectivity index (χ2n) is 8.62.